The van der Waals surface area contributed by atoms with Crippen molar-refractivity contribution in [3.05, 3.63) is 93.3 Å². The van der Waals surface area contributed by atoms with Crippen molar-refractivity contribution in [3.8, 4) is 5.69 Å². The summed E-state index contributed by atoms with van der Waals surface area (Å²) in [6, 6.07) is 25.5. The summed E-state index contributed by atoms with van der Waals surface area (Å²) in [7, 11) is 0. The van der Waals surface area contributed by atoms with Gasteiger partial charge in [0.05, 0.1) is 5.69 Å². The Labute approximate surface area is 167 Å². The van der Waals surface area contributed by atoms with Gasteiger partial charge in [-0.05, 0) is 89.7 Å². The monoisotopic (exact) mass is 450 g/mol. The van der Waals surface area contributed by atoms with Gasteiger partial charge in [0.2, 0.25) is 0 Å². The quantitative estimate of drug-likeness (QED) is 0.247. The standard InChI is InChI=1S/C23H19IN2/c1-16-13-20(17(2)26(16)23-11-8-21(24)9-12-23)15-25-22-10-7-18-5-3-4-6-19(18)14-22/h3-15H,1-2H3. The summed E-state index contributed by atoms with van der Waals surface area (Å²) in [5.74, 6) is 0. The number of aryl methyl sites for hydroxylation is 1. The Bertz CT molecular complexity index is 1100. The second-order valence-electron chi connectivity index (χ2n) is 6.43. The summed E-state index contributed by atoms with van der Waals surface area (Å²) >= 11 is 2.33. The summed E-state index contributed by atoms with van der Waals surface area (Å²) in [5.41, 5.74) is 5.72. The number of benzene rings is 3. The van der Waals surface area contributed by atoms with Crippen molar-refractivity contribution in [1.82, 2.24) is 4.57 Å². The van der Waals surface area contributed by atoms with Gasteiger partial charge in [0.15, 0.2) is 0 Å². The predicted molar refractivity (Wildman–Crippen MR) is 119 cm³/mol. The first-order valence-corrected chi connectivity index (χ1v) is 9.67. The summed E-state index contributed by atoms with van der Waals surface area (Å²) in [4.78, 5) is 4.71. The van der Waals surface area contributed by atoms with Crippen molar-refractivity contribution < 1.29 is 0 Å². The van der Waals surface area contributed by atoms with Gasteiger partial charge in [0.1, 0.15) is 0 Å². The van der Waals surface area contributed by atoms with Crippen LogP contribution in [-0.2, 0) is 0 Å². The zero-order valence-corrected chi connectivity index (χ0v) is 16.9. The molecule has 0 saturated carbocycles. The van der Waals surface area contributed by atoms with E-state index < -0.39 is 0 Å². The zero-order valence-electron chi connectivity index (χ0n) is 14.8. The van der Waals surface area contributed by atoms with Crippen molar-refractivity contribution in [2.24, 2.45) is 4.99 Å². The van der Waals surface area contributed by atoms with E-state index in [-0.39, 0.29) is 0 Å². The van der Waals surface area contributed by atoms with E-state index in [0.717, 1.165) is 11.3 Å². The molecule has 26 heavy (non-hydrogen) atoms. The highest BCUT2D eigenvalue weighted by molar-refractivity contribution is 14.1. The predicted octanol–water partition coefficient (Wildman–Crippen LogP) is 6.60. The highest BCUT2D eigenvalue weighted by atomic mass is 127. The maximum Gasteiger partial charge on any atom is 0.0636 e. The molecular formula is C23H19IN2. The Kier molecular flexibility index (Phi) is 4.64. The van der Waals surface area contributed by atoms with Crippen LogP contribution in [0.2, 0.25) is 0 Å². The van der Waals surface area contributed by atoms with Crippen molar-refractivity contribution in [1.29, 1.82) is 0 Å². The van der Waals surface area contributed by atoms with E-state index in [1.165, 1.54) is 31.4 Å². The van der Waals surface area contributed by atoms with E-state index in [1.54, 1.807) is 0 Å². The Hall–Kier alpha value is -2.40. The van der Waals surface area contributed by atoms with E-state index in [0.29, 0.717) is 0 Å². The SMILES string of the molecule is Cc1cc(C=Nc2ccc3ccccc3c2)c(C)n1-c1ccc(I)cc1. The van der Waals surface area contributed by atoms with Crippen LogP contribution in [0.5, 0.6) is 0 Å². The van der Waals surface area contributed by atoms with E-state index >= 15 is 0 Å². The molecule has 0 spiro atoms. The van der Waals surface area contributed by atoms with Gasteiger partial charge in [-0.3, -0.25) is 4.99 Å². The first-order valence-electron chi connectivity index (χ1n) is 8.59. The molecule has 0 fully saturated rings. The van der Waals surface area contributed by atoms with Crippen LogP contribution in [-0.4, -0.2) is 10.8 Å². The van der Waals surface area contributed by atoms with Crippen LogP contribution in [0.1, 0.15) is 17.0 Å². The van der Waals surface area contributed by atoms with E-state index in [1.807, 2.05) is 6.21 Å². The smallest absolute Gasteiger partial charge is 0.0636 e. The topological polar surface area (TPSA) is 17.3 Å². The van der Waals surface area contributed by atoms with Gasteiger partial charge < -0.3 is 4.57 Å². The number of nitrogens with zero attached hydrogens (tertiary/aromatic N) is 2. The zero-order chi connectivity index (χ0) is 18.1. The molecule has 0 aliphatic heterocycles. The molecule has 1 aromatic heterocycles. The van der Waals surface area contributed by atoms with E-state index in [2.05, 4.69) is 114 Å². The summed E-state index contributed by atoms with van der Waals surface area (Å²) in [6.45, 7) is 4.28. The van der Waals surface area contributed by atoms with Crippen LogP contribution in [0, 0.1) is 17.4 Å². The lowest BCUT2D eigenvalue weighted by atomic mass is 10.1. The fourth-order valence-corrected chi connectivity index (χ4v) is 3.67. The van der Waals surface area contributed by atoms with Gasteiger partial charge in [0.25, 0.3) is 0 Å². The molecule has 0 aliphatic carbocycles. The summed E-state index contributed by atoms with van der Waals surface area (Å²) in [5, 5.41) is 2.45. The average molecular weight is 450 g/mol. The molecule has 0 atom stereocenters. The molecule has 4 aromatic rings. The van der Waals surface area contributed by atoms with Crippen molar-refractivity contribution in [2.75, 3.05) is 0 Å². The maximum absolute atomic E-state index is 4.71. The minimum Gasteiger partial charge on any atom is -0.318 e. The lowest BCUT2D eigenvalue weighted by molar-refractivity contribution is 0.964. The second-order valence-corrected chi connectivity index (χ2v) is 7.67. The Morgan fingerprint density at radius 3 is 2.35 bits per heavy atom. The number of aliphatic imine (C=N–C) groups is 1. The Morgan fingerprint density at radius 1 is 0.846 bits per heavy atom. The maximum atomic E-state index is 4.71. The number of hydrogen-bond donors (Lipinski definition) is 0. The molecule has 0 aliphatic rings. The molecule has 0 unspecified atom stereocenters. The molecule has 0 amide bonds. The van der Waals surface area contributed by atoms with Gasteiger partial charge in [-0.2, -0.15) is 0 Å². The molecule has 128 valence electrons. The van der Waals surface area contributed by atoms with Gasteiger partial charge in [-0.25, -0.2) is 0 Å². The molecule has 0 radical (unpaired) electrons. The fraction of sp³-hybridized carbons (Fsp3) is 0.0870. The van der Waals surface area contributed by atoms with Gasteiger partial charge in [0, 0.05) is 32.4 Å². The van der Waals surface area contributed by atoms with Crippen LogP contribution in [0.4, 0.5) is 5.69 Å². The highest BCUT2D eigenvalue weighted by Gasteiger charge is 2.09. The third kappa shape index (κ3) is 3.31. The third-order valence-corrected chi connectivity index (χ3v) is 5.36. The third-order valence-electron chi connectivity index (χ3n) is 4.64. The van der Waals surface area contributed by atoms with E-state index in [4.69, 9.17) is 4.99 Å². The number of rotatable bonds is 3. The molecule has 0 N–H and O–H groups in total. The molecule has 0 saturated heterocycles. The number of aromatic nitrogens is 1. The van der Waals surface area contributed by atoms with Crippen LogP contribution in [0.3, 0.4) is 0 Å². The largest absolute Gasteiger partial charge is 0.318 e. The first-order chi connectivity index (χ1) is 12.6. The summed E-state index contributed by atoms with van der Waals surface area (Å²) < 4.78 is 3.52. The average Bonchev–Trinajstić information content (AvgIpc) is 2.94. The molecule has 4 rings (SSSR count). The highest BCUT2D eigenvalue weighted by Crippen LogP contribution is 2.23. The second kappa shape index (κ2) is 7.08. The van der Waals surface area contributed by atoms with Crippen LogP contribution in [0.15, 0.2) is 77.8 Å². The van der Waals surface area contributed by atoms with Gasteiger partial charge >= 0.3 is 0 Å². The van der Waals surface area contributed by atoms with Crippen LogP contribution in [0.25, 0.3) is 16.5 Å². The van der Waals surface area contributed by atoms with Gasteiger partial charge in [-0.15, -0.1) is 0 Å². The normalized spacial score (nSPS) is 11.5. The van der Waals surface area contributed by atoms with Gasteiger partial charge in [-0.1, -0.05) is 30.3 Å². The Balaban J connectivity index is 1.68. The molecule has 3 heteroatoms. The number of halogens is 1. The van der Waals surface area contributed by atoms with Crippen molar-refractivity contribution in [2.45, 2.75) is 13.8 Å². The first kappa shape index (κ1) is 17.0. The molecule has 0 bridgehead atoms. The minimum absolute atomic E-state index is 0.975. The van der Waals surface area contributed by atoms with Crippen LogP contribution < -0.4 is 0 Å². The molecule has 1 heterocycles. The molecular weight excluding hydrogens is 431 g/mol. The van der Waals surface area contributed by atoms with Crippen molar-refractivity contribution in [3.63, 3.8) is 0 Å². The molecule has 2 nitrogen and oxygen atoms in total. The van der Waals surface area contributed by atoms with Crippen LogP contribution >= 0.6 is 22.6 Å². The summed E-state index contributed by atoms with van der Waals surface area (Å²) in [6.07, 6.45) is 1.97. The fourth-order valence-electron chi connectivity index (χ4n) is 3.31. The number of fused-ring (bicyclic) bond motifs is 1. The number of hydrogen-bond acceptors (Lipinski definition) is 1. The Morgan fingerprint density at radius 2 is 1.58 bits per heavy atom. The lowest BCUT2D eigenvalue weighted by Crippen LogP contribution is -1.99. The lowest BCUT2D eigenvalue weighted by Gasteiger charge is -2.09. The minimum atomic E-state index is 0.975. The van der Waals surface area contributed by atoms with Crippen molar-refractivity contribution >= 4 is 45.3 Å². The molecule has 3 aromatic carbocycles. The van der Waals surface area contributed by atoms with E-state index in [9.17, 15) is 0 Å².